The number of carboxylic acids is 1. The number of carboxylic acid groups (broad SMARTS) is 1. The summed E-state index contributed by atoms with van der Waals surface area (Å²) in [6, 6.07) is 7.43. The van der Waals surface area contributed by atoms with E-state index >= 15 is 0 Å². The molecule has 0 aromatic heterocycles. The first kappa shape index (κ1) is 22.4. The van der Waals surface area contributed by atoms with Crippen molar-refractivity contribution in [1.29, 1.82) is 0 Å². The lowest BCUT2D eigenvalue weighted by atomic mass is 10.1. The molecule has 0 radical (unpaired) electrons. The Kier molecular flexibility index (Phi) is 9.23. The topological polar surface area (TPSA) is 163 Å². The second-order valence-electron chi connectivity index (χ2n) is 5.70. The second-order valence-corrected chi connectivity index (χ2v) is 7.46. The van der Waals surface area contributed by atoms with Crippen molar-refractivity contribution in [3.05, 3.63) is 35.9 Å². The maximum Gasteiger partial charge on any atom is 0.322 e. The fourth-order valence-corrected chi connectivity index (χ4v) is 3.56. The predicted molar refractivity (Wildman–Crippen MR) is 101 cm³/mol. The molecule has 27 heavy (non-hydrogen) atoms. The third-order valence-corrected chi connectivity index (χ3v) is 4.83. The average molecular weight is 399 g/mol. The number of aliphatic carboxylic acids is 1. The fraction of sp³-hybridized carbons (Fsp3) is 0.438. The molecule has 0 saturated carbocycles. The van der Waals surface area contributed by atoms with E-state index in [1.807, 2.05) is 0 Å². The smallest absolute Gasteiger partial charge is 0.322 e. The quantitative estimate of drug-likeness (QED) is 0.181. The summed E-state index contributed by atoms with van der Waals surface area (Å²) in [6.07, 6.45) is 0.568. The molecule has 10 nitrogen and oxygen atoms in total. The zero-order valence-corrected chi connectivity index (χ0v) is 15.8. The molecular formula is C16H25N5O5S. The van der Waals surface area contributed by atoms with Gasteiger partial charge in [0.05, 0.1) is 5.75 Å². The van der Waals surface area contributed by atoms with E-state index in [0.29, 0.717) is 18.5 Å². The first-order chi connectivity index (χ1) is 12.7. The molecule has 1 rings (SSSR count). The minimum atomic E-state index is -3.80. The van der Waals surface area contributed by atoms with Crippen molar-refractivity contribution in [3.8, 4) is 0 Å². The molecule has 0 aliphatic heterocycles. The summed E-state index contributed by atoms with van der Waals surface area (Å²) >= 11 is 0. The number of benzene rings is 1. The van der Waals surface area contributed by atoms with Crippen LogP contribution >= 0.6 is 0 Å². The van der Waals surface area contributed by atoms with E-state index in [9.17, 15) is 18.0 Å². The minimum Gasteiger partial charge on any atom is -0.480 e. The van der Waals surface area contributed by atoms with Gasteiger partial charge in [-0.05, 0) is 18.4 Å². The number of aliphatic imine (C=N–C) groups is 1. The van der Waals surface area contributed by atoms with Gasteiger partial charge in [0.25, 0.3) is 0 Å². The molecule has 0 fully saturated rings. The average Bonchev–Trinajstić information content (AvgIpc) is 2.62. The molecular weight excluding hydrogens is 374 g/mol. The van der Waals surface area contributed by atoms with E-state index in [0.717, 1.165) is 0 Å². The van der Waals surface area contributed by atoms with Gasteiger partial charge in [-0.25, -0.2) is 13.1 Å². The van der Waals surface area contributed by atoms with Gasteiger partial charge in [0.15, 0.2) is 5.96 Å². The van der Waals surface area contributed by atoms with Crippen molar-refractivity contribution in [1.82, 2.24) is 15.4 Å². The van der Waals surface area contributed by atoms with Gasteiger partial charge in [0, 0.05) is 13.6 Å². The highest BCUT2D eigenvalue weighted by molar-refractivity contribution is 7.88. The molecule has 0 aliphatic carbocycles. The molecule has 11 heteroatoms. The number of nitrogens with one attached hydrogen (secondary N) is 3. The highest BCUT2D eigenvalue weighted by Gasteiger charge is 2.24. The van der Waals surface area contributed by atoms with Gasteiger partial charge in [0.1, 0.15) is 12.6 Å². The lowest BCUT2D eigenvalue weighted by Gasteiger charge is -2.18. The van der Waals surface area contributed by atoms with E-state index in [-0.39, 0.29) is 18.1 Å². The van der Waals surface area contributed by atoms with Gasteiger partial charge in [0.2, 0.25) is 15.9 Å². The third kappa shape index (κ3) is 9.56. The summed E-state index contributed by atoms with van der Waals surface area (Å²) in [6.45, 7) is -0.213. The molecule has 1 aromatic carbocycles. The van der Waals surface area contributed by atoms with E-state index in [2.05, 4.69) is 20.3 Å². The standard InChI is InChI=1S/C16H25N5O5S/c1-18-16(17)19-9-5-8-13(15(24)20-10-14(22)23)21-27(25,26)11-12-6-3-2-4-7-12/h2-4,6-7,13,21H,5,8-11H2,1H3,(H,20,24)(H,22,23)(H3,17,18,19)/t13-/m1/s1. The van der Waals surface area contributed by atoms with E-state index in [4.69, 9.17) is 10.8 Å². The second kappa shape index (κ2) is 11.1. The Balaban J connectivity index is 2.73. The number of hydrogen-bond acceptors (Lipinski definition) is 5. The van der Waals surface area contributed by atoms with Crippen LogP contribution in [0, 0.1) is 0 Å². The predicted octanol–water partition coefficient (Wildman–Crippen LogP) is -1.01. The zero-order chi connectivity index (χ0) is 20.3. The number of hydrogen-bond donors (Lipinski definition) is 5. The van der Waals surface area contributed by atoms with Crippen molar-refractivity contribution in [2.24, 2.45) is 10.7 Å². The SMILES string of the molecule is CN=C(N)NCCC[C@@H](NS(=O)(=O)Cc1ccccc1)C(=O)NCC(=O)O. The number of amides is 1. The van der Waals surface area contributed by atoms with Crippen molar-refractivity contribution >= 4 is 27.9 Å². The first-order valence-corrected chi connectivity index (χ1v) is 9.88. The molecule has 6 N–H and O–H groups in total. The highest BCUT2D eigenvalue weighted by atomic mass is 32.2. The van der Waals surface area contributed by atoms with Crippen LogP contribution in [0.3, 0.4) is 0 Å². The van der Waals surface area contributed by atoms with E-state index in [1.165, 1.54) is 7.05 Å². The number of nitrogens with two attached hydrogens (primary N) is 1. The number of nitrogens with zero attached hydrogens (tertiary/aromatic N) is 1. The van der Waals surface area contributed by atoms with Crippen LogP contribution in [0.4, 0.5) is 0 Å². The highest BCUT2D eigenvalue weighted by Crippen LogP contribution is 2.07. The lowest BCUT2D eigenvalue weighted by Crippen LogP contribution is -2.48. The van der Waals surface area contributed by atoms with Gasteiger partial charge >= 0.3 is 5.97 Å². The molecule has 0 heterocycles. The van der Waals surface area contributed by atoms with Crippen LogP contribution in [-0.2, 0) is 25.4 Å². The van der Waals surface area contributed by atoms with Crippen LogP contribution in [0.1, 0.15) is 18.4 Å². The minimum absolute atomic E-state index is 0.156. The Morgan fingerprint density at radius 1 is 1.22 bits per heavy atom. The van der Waals surface area contributed by atoms with Crippen molar-refractivity contribution in [2.45, 2.75) is 24.6 Å². The molecule has 0 saturated heterocycles. The van der Waals surface area contributed by atoms with Crippen LogP contribution in [0.5, 0.6) is 0 Å². The third-order valence-electron chi connectivity index (χ3n) is 3.47. The Morgan fingerprint density at radius 3 is 2.48 bits per heavy atom. The van der Waals surface area contributed by atoms with Gasteiger partial charge in [-0.15, -0.1) is 0 Å². The van der Waals surface area contributed by atoms with Gasteiger partial charge in [-0.2, -0.15) is 0 Å². The normalized spacial score (nSPS) is 13.0. The summed E-state index contributed by atoms with van der Waals surface area (Å²) in [7, 11) is -2.29. The van der Waals surface area contributed by atoms with E-state index < -0.39 is 34.5 Å². The molecule has 0 bridgehead atoms. The van der Waals surface area contributed by atoms with Crippen molar-refractivity contribution in [3.63, 3.8) is 0 Å². The van der Waals surface area contributed by atoms with Crippen LogP contribution in [0.2, 0.25) is 0 Å². The Hall–Kier alpha value is -2.66. The lowest BCUT2D eigenvalue weighted by molar-refractivity contribution is -0.138. The van der Waals surface area contributed by atoms with Gasteiger partial charge < -0.3 is 21.5 Å². The van der Waals surface area contributed by atoms with Crippen molar-refractivity contribution < 1.29 is 23.1 Å². The zero-order valence-electron chi connectivity index (χ0n) is 15.0. The van der Waals surface area contributed by atoms with Crippen LogP contribution < -0.4 is 21.1 Å². The van der Waals surface area contributed by atoms with Crippen LogP contribution in [0.15, 0.2) is 35.3 Å². The molecule has 150 valence electrons. The molecule has 0 spiro atoms. The summed E-state index contributed by atoms with van der Waals surface area (Å²) in [4.78, 5) is 26.5. The largest absolute Gasteiger partial charge is 0.480 e. The van der Waals surface area contributed by atoms with Gasteiger partial charge in [-0.3, -0.25) is 14.6 Å². The molecule has 1 atom stereocenters. The number of sulfonamides is 1. The fourth-order valence-electron chi connectivity index (χ4n) is 2.18. The maximum absolute atomic E-state index is 12.4. The Labute approximate surface area is 158 Å². The first-order valence-electron chi connectivity index (χ1n) is 8.23. The monoisotopic (exact) mass is 399 g/mol. The van der Waals surface area contributed by atoms with Crippen LogP contribution in [-0.4, -0.2) is 57.5 Å². The van der Waals surface area contributed by atoms with Gasteiger partial charge in [-0.1, -0.05) is 30.3 Å². The molecule has 1 amide bonds. The number of rotatable bonds is 11. The molecule has 1 aromatic rings. The summed E-state index contributed by atoms with van der Waals surface area (Å²) in [5.74, 6) is -1.98. The maximum atomic E-state index is 12.4. The van der Waals surface area contributed by atoms with E-state index in [1.54, 1.807) is 30.3 Å². The summed E-state index contributed by atoms with van der Waals surface area (Å²) in [5.41, 5.74) is 6.07. The van der Waals surface area contributed by atoms with Crippen molar-refractivity contribution in [2.75, 3.05) is 20.1 Å². The van der Waals surface area contributed by atoms with Crippen LogP contribution in [0.25, 0.3) is 0 Å². The Morgan fingerprint density at radius 2 is 1.89 bits per heavy atom. The Bertz CT molecular complexity index is 752. The molecule has 0 aliphatic rings. The summed E-state index contributed by atoms with van der Waals surface area (Å²) < 4.78 is 27.1. The number of guanidine groups is 1. The summed E-state index contributed by atoms with van der Waals surface area (Å²) in [5, 5.41) is 13.7. The molecule has 0 unspecified atom stereocenters. The number of carbonyl (C=O) groups excluding carboxylic acids is 1. The number of carbonyl (C=O) groups is 2.